The number of likely N-dealkylation sites (N-methyl/N-ethyl adjacent to an activating group) is 1. The molecule has 0 radical (unpaired) electrons. The van der Waals surface area contributed by atoms with Gasteiger partial charge in [0.25, 0.3) is 11.8 Å². The number of amides is 2. The summed E-state index contributed by atoms with van der Waals surface area (Å²) < 4.78 is 5.60. The number of hydrogen-bond acceptors (Lipinski definition) is 4. The monoisotopic (exact) mass is 339 g/mol. The highest BCUT2D eigenvalue weighted by atomic mass is 16.5. The van der Waals surface area contributed by atoms with E-state index in [0.29, 0.717) is 35.7 Å². The molecule has 2 aromatic carbocycles. The van der Waals surface area contributed by atoms with E-state index in [1.165, 1.54) is 0 Å². The minimum absolute atomic E-state index is 0.113. The van der Waals surface area contributed by atoms with E-state index in [-0.39, 0.29) is 11.8 Å². The lowest BCUT2D eigenvalue weighted by atomic mass is 10.1. The maximum atomic E-state index is 12.5. The molecule has 0 atom stereocenters. The zero-order valence-corrected chi connectivity index (χ0v) is 14.6. The standard InChI is InChI=1S/C19H21N3O3/c1-21(2)15-6-4-5-13(11-15)18(23)20-14-7-8-17-16(12-14)19(24)22(3)9-10-25-17/h4-8,11-12H,9-10H2,1-3H3,(H,20,23). The summed E-state index contributed by atoms with van der Waals surface area (Å²) in [6.45, 7) is 0.991. The summed E-state index contributed by atoms with van der Waals surface area (Å²) in [7, 11) is 5.58. The quantitative estimate of drug-likeness (QED) is 0.933. The van der Waals surface area contributed by atoms with E-state index in [1.807, 2.05) is 37.2 Å². The Labute approximate surface area is 147 Å². The van der Waals surface area contributed by atoms with Gasteiger partial charge in [0.15, 0.2) is 0 Å². The highest BCUT2D eigenvalue weighted by Gasteiger charge is 2.21. The largest absolute Gasteiger partial charge is 0.491 e. The van der Waals surface area contributed by atoms with Gasteiger partial charge in [0.2, 0.25) is 0 Å². The summed E-state index contributed by atoms with van der Waals surface area (Å²) in [5, 5.41) is 2.85. The lowest BCUT2D eigenvalue weighted by molar-refractivity contribution is 0.0796. The van der Waals surface area contributed by atoms with Crippen molar-refractivity contribution >= 4 is 23.2 Å². The van der Waals surface area contributed by atoms with Crippen LogP contribution in [0.25, 0.3) is 0 Å². The maximum absolute atomic E-state index is 12.5. The van der Waals surface area contributed by atoms with Crippen LogP contribution < -0.4 is 15.0 Å². The van der Waals surface area contributed by atoms with Gasteiger partial charge in [0, 0.05) is 38.1 Å². The van der Waals surface area contributed by atoms with Crippen molar-refractivity contribution in [2.24, 2.45) is 0 Å². The van der Waals surface area contributed by atoms with Crippen LogP contribution in [0.2, 0.25) is 0 Å². The lowest BCUT2D eigenvalue weighted by Crippen LogP contribution is -2.27. The highest BCUT2D eigenvalue weighted by Crippen LogP contribution is 2.26. The molecule has 0 saturated heterocycles. The van der Waals surface area contributed by atoms with Gasteiger partial charge in [-0.1, -0.05) is 6.07 Å². The van der Waals surface area contributed by atoms with E-state index in [0.717, 1.165) is 5.69 Å². The van der Waals surface area contributed by atoms with E-state index < -0.39 is 0 Å². The van der Waals surface area contributed by atoms with Crippen LogP contribution in [0.15, 0.2) is 42.5 Å². The maximum Gasteiger partial charge on any atom is 0.257 e. The van der Waals surface area contributed by atoms with Crippen molar-refractivity contribution in [3.8, 4) is 5.75 Å². The Morgan fingerprint density at radius 3 is 2.76 bits per heavy atom. The molecular formula is C19H21N3O3. The average Bonchev–Trinajstić information content (AvgIpc) is 2.74. The summed E-state index contributed by atoms with van der Waals surface area (Å²) >= 11 is 0. The number of rotatable bonds is 3. The molecule has 1 aliphatic rings. The van der Waals surface area contributed by atoms with Gasteiger partial charge in [-0.15, -0.1) is 0 Å². The van der Waals surface area contributed by atoms with Crippen molar-refractivity contribution in [3.05, 3.63) is 53.6 Å². The zero-order chi connectivity index (χ0) is 18.0. The number of nitrogens with zero attached hydrogens (tertiary/aromatic N) is 2. The fourth-order valence-corrected chi connectivity index (χ4v) is 2.63. The van der Waals surface area contributed by atoms with E-state index in [2.05, 4.69) is 5.32 Å². The van der Waals surface area contributed by atoms with E-state index in [1.54, 1.807) is 36.2 Å². The molecule has 2 aromatic rings. The third kappa shape index (κ3) is 3.57. The first-order chi connectivity index (χ1) is 12.0. The number of hydrogen-bond donors (Lipinski definition) is 1. The fourth-order valence-electron chi connectivity index (χ4n) is 2.63. The van der Waals surface area contributed by atoms with Crippen molar-refractivity contribution in [2.45, 2.75) is 0 Å². The van der Waals surface area contributed by atoms with Crippen LogP contribution in [0.5, 0.6) is 5.75 Å². The van der Waals surface area contributed by atoms with Crippen LogP contribution in [0.3, 0.4) is 0 Å². The third-order valence-corrected chi connectivity index (χ3v) is 4.12. The third-order valence-electron chi connectivity index (χ3n) is 4.12. The molecule has 0 spiro atoms. The van der Waals surface area contributed by atoms with E-state index >= 15 is 0 Å². The Hall–Kier alpha value is -3.02. The molecular weight excluding hydrogens is 318 g/mol. The molecule has 1 N–H and O–H groups in total. The SMILES string of the molecule is CN1CCOc2ccc(NC(=O)c3cccc(N(C)C)c3)cc2C1=O. The summed E-state index contributed by atoms with van der Waals surface area (Å²) in [4.78, 5) is 28.5. The predicted octanol–water partition coefficient (Wildman–Crippen LogP) is 2.47. The summed E-state index contributed by atoms with van der Waals surface area (Å²) in [6.07, 6.45) is 0. The van der Waals surface area contributed by atoms with Gasteiger partial charge in [-0.05, 0) is 36.4 Å². The molecule has 0 fully saturated rings. The summed E-state index contributed by atoms with van der Waals surface area (Å²) in [5.74, 6) is 0.208. The van der Waals surface area contributed by atoms with Crippen molar-refractivity contribution in [1.82, 2.24) is 4.90 Å². The van der Waals surface area contributed by atoms with Crippen LogP contribution in [0.1, 0.15) is 20.7 Å². The van der Waals surface area contributed by atoms with Crippen LogP contribution in [0, 0.1) is 0 Å². The van der Waals surface area contributed by atoms with Gasteiger partial charge < -0.3 is 19.9 Å². The lowest BCUT2D eigenvalue weighted by Gasteiger charge is -2.14. The molecule has 0 bridgehead atoms. The first-order valence-corrected chi connectivity index (χ1v) is 8.07. The van der Waals surface area contributed by atoms with Gasteiger partial charge >= 0.3 is 0 Å². The fraction of sp³-hybridized carbons (Fsp3) is 0.263. The smallest absolute Gasteiger partial charge is 0.257 e. The predicted molar refractivity (Wildman–Crippen MR) is 97.6 cm³/mol. The van der Waals surface area contributed by atoms with Crippen molar-refractivity contribution in [1.29, 1.82) is 0 Å². The minimum atomic E-state index is -0.223. The number of anilines is 2. The molecule has 130 valence electrons. The first-order valence-electron chi connectivity index (χ1n) is 8.07. The molecule has 3 rings (SSSR count). The Bertz CT molecular complexity index is 817. The van der Waals surface area contributed by atoms with Gasteiger partial charge in [-0.2, -0.15) is 0 Å². The first kappa shape index (κ1) is 16.8. The van der Waals surface area contributed by atoms with Crippen molar-refractivity contribution in [3.63, 3.8) is 0 Å². The van der Waals surface area contributed by atoms with Crippen LogP contribution in [0.4, 0.5) is 11.4 Å². The second-order valence-electron chi connectivity index (χ2n) is 6.18. The Morgan fingerprint density at radius 2 is 2.00 bits per heavy atom. The number of fused-ring (bicyclic) bond motifs is 1. The molecule has 0 saturated carbocycles. The summed E-state index contributed by atoms with van der Waals surface area (Å²) in [6, 6.07) is 12.5. The Morgan fingerprint density at radius 1 is 1.20 bits per heavy atom. The highest BCUT2D eigenvalue weighted by molar-refractivity contribution is 6.06. The molecule has 2 amide bonds. The minimum Gasteiger partial charge on any atom is -0.491 e. The molecule has 0 unspecified atom stereocenters. The van der Waals surface area contributed by atoms with Crippen molar-refractivity contribution < 1.29 is 14.3 Å². The molecule has 25 heavy (non-hydrogen) atoms. The van der Waals surface area contributed by atoms with Gasteiger partial charge in [-0.3, -0.25) is 9.59 Å². The molecule has 6 heteroatoms. The van der Waals surface area contributed by atoms with Crippen molar-refractivity contribution in [2.75, 3.05) is 44.5 Å². The molecule has 1 aliphatic heterocycles. The van der Waals surface area contributed by atoms with Gasteiger partial charge in [0.1, 0.15) is 12.4 Å². The van der Waals surface area contributed by atoms with Gasteiger partial charge in [-0.25, -0.2) is 0 Å². The molecule has 0 aliphatic carbocycles. The average molecular weight is 339 g/mol. The van der Waals surface area contributed by atoms with E-state index in [4.69, 9.17) is 4.74 Å². The van der Waals surface area contributed by atoms with Crippen LogP contribution in [-0.2, 0) is 0 Å². The Balaban J connectivity index is 1.84. The molecule has 6 nitrogen and oxygen atoms in total. The normalized spacial score (nSPS) is 13.6. The molecule has 0 aromatic heterocycles. The van der Waals surface area contributed by atoms with Crippen LogP contribution in [-0.4, -0.2) is 51.0 Å². The number of carbonyl (C=O) groups excluding carboxylic acids is 2. The summed E-state index contributed by atoms with van der Waals surface area (Å²) in [5.41, 5.74) is 2.52. The van der Waals surface area contributed by atoms with Crippen LogP contribution >= 0.6 is 0 Å². The zero-order valence-electron chi connectivity index (χ0n) is 14.6. The topological polar surface area (TPSA) is 61.9 Å². The number of carbonyl (C=O) groups is 2. The number of ether oxygens (including phenoxy) is 1. The van der Waals surface area contributed by atoms with Gasteiger partial charge in [0.05, 0.1) is 12.1 Å². The second kappa shape index (κ2) is 6.84. The number of nitrogens with one attached hydrogen (secondary N) is 1. The van der Waals surface area contributed by atoms with E-state index in [9.17, 15) is 9.59 Å². The number of benzene rings is 2. The Kier molecular flexibility index (Phi) is 4.61. The second-order valence-corrected chi connectivity index (χ2v) is 6.18. The molecule has 1 heterocycles.